The van der Waals surface area contributed by atoms with E-state index in [1.165, 1.54) is 11.6 Å². The SMILES string of the molecule is O=C=NNCCCc1ccccc1. The van der Waals surface area contributed by atoms with Gasteiger partial charge >= 0.3 is 0 Å². The molecule has 0 aliphatic rings. The first-order chi connectivity index (χ1) is 6.43. The Bertz CT molecular complexity index is 278. The molecule has 68 valence electrons. The summed E-state index contributed by atoms with van der Waals surface area (Å²) in [5.41, 5.74) is 3.91. The maximum atomic E-state index is 9.68. The van der Waals surface area contributed by atoms with Crippen LogP contribution in [0.3, 0.4) is 0 Å². The van der Waals surface area contributed by atoms with Crippen LogP contribution in [0.2, 0.25) is 0 Å². The molecule has 0 aromatic heterocycles. The molecule has 1 aromatic rings. The lowest BCUT2D eigenvalue weighted by atomic mass is 10.1. The van der Waals surface area contributed by atoms with Gasteiger partial charge in [0.2, 0.25) is 0 Å². The van der Waals surface area contributed by atoms with Crippen molar-refractivity contribution >= 4 is 6.08 Å². The van der Waals surface area contributed by atoms with Crippen molar-refractivity contribution in [3.8, 4) is 0 Å². The molecule has 3 heteroatoms. The van der Waals surface area contributed by atoms with Crippen LogP contribution in [0.4, 0.5) is 0 Å². The largest absolute Gasteiger partial charge is 0.299 e. The summed E-state index contributed by atoms with van der Waals surface area (Å²) in [6.45, 7) is 0.712. The molecule has 0 saturated heterocycles. The first-order valence-corrected chi connectivity index (χ1v) is 4.27. The van der Waals surface area contributed by atoms with Gasteiger partial charge in [-0.3, -0.25) is 5.43 Å². The molecule has 0 atom stereocenters. The van der Waals surface area contributed by atoms with Crippen LogP contribution in [-0.4, -0.2) is 12.6 Å². The third kappa shape index (κ3) is 4.09. The summed E-state index contributed by atoms with van der Waals surface area (Å²) in [4.78, 5) is 9.68. The van der Waals surface area contributed by atoms with E-state index in [0.29, 0.717) is 6.54 Å². The van der Waals surface area contributed by atoms with Gasteiger partial charge < -0.3 is 0 Å². The summed E-state index contributed by atoms with van der Waals surface area (Å²) in [7, 11) is 0. The van der Waals surface area contributed by atoms with E-state index in [1.54, 1.807) is 0 Å². The van der Waals surface area contributed by atoms with Crippen molar-refractivity contribution in [3.05, 3.63) is 35.9 Å². The molecule has 1 N–H and O–H groups in total. The van der Waals surface area contributed by atoms with E-state index in [4.69, 9.17) is 0 Å². The number of isocyanates is 1. The lowest BCUT2D eigenvalue weighted by Gasteiger charge is -1.99. The number of benzene rings is 1. The van der Waals surface area contributed by atoms with E-state index < -0.39 is 0 Å². The number of nitrogens with one attached hydrogen (secondary N) is 1. The molecule has 3 nitrogen and oxygen atoms in total. The molecule has 0 heterocycles. The maximum Gasteiger partial charge on any atom is 0.258 e. The number of hydrogen-bond donors (Lipinski definition) is 1. The molecule has 0 saturated carbocycles. The van der Waals surface area contributed by atoms with Gasteiger partial charge in [-0.05, 0) is 18.4 Å². The second-order valence-corrected chi connectivity index (χ2v) is 2.70. The Hall–Kier alpha value is -1.60. The number of carbonyl (C=O) groups excluding carboxylic acids is 1. The minimum absolute atomic E-state index is 0.712. The second-order valence-electron chi connectivity index (χ2n) is 2.70. The van der Waals surface area contributed by atoms with E-state index in [-0.39, 0.29) is 0 Å². The quantitative estimate of drug-likeness (QED) is 0.319. The molecule has 1 aromatic carbocycles. The zero-order valence-corrected chi connectivity index (χ0v) is 7.36. The Morgan fingerprint density at radius 1 is 1.31 bits per heavy atom. The highest BCUT2D eigenvalue weighted by Crippen LogP contribution is 2.00. The summed E-state index contributed by atoms with van der Waals surface area (Å²) in [5.74, 6) is 0. The van der Waals surface area contributed by atoms with Crippen LogP contribution in [0, 0.1) is 0 Å². The normalized spacial score (nSPS) is 8.92. The molecule has 0 fully saturated rings. The number of nitrogens with zero attached hydrogens (tertiary/aromatic N) is 1. The van der Waals surface area contributed by atoms with Gasteiger partial charge in [0.25, 0.3) is 6.08 Å². The molecular weight excluding hydrogens is 164 g/mol. The minimum atomic E-state index is 0.712. The first kappa shape index (κ1) is 9.49. The van der Waals surface area contributed by atoms with Crippen LogP contribution in [0.5, 0.6) is 0 Å². The predicted octanol–water partition coefficient (Wildman–Crippen LogP) is 1.46. The third-order valence-electron chi connectivity index (χ3n) is 1.72. The van der Waals surface area contributed by atoms with Gasteiger partial charge in [0, 0.05) is 6.54 Å². The number of rotatable bonds is 5. The molecule has 0 bridgehead atoms. The van der Waals surface area contributed by atoms with E-state index in [1.807, 2.05) is 18.2 Å². The highest BCUT2D eigenvalue weighted by Gasteiger charge is 1.89. The van der Waals surface area contributed by atoms with Crippen molar-refractivity contribution < 1.29 is 4.79 Å². The van der Waals surface area contributed by atoms with Gasteiger partial charge in [0.05, 0.1) is 0 Å². The van der Waals surface area contributed by atoms with Gasteiger partial charge in [-0.1, -0.05) is 35.4 Å². The topological polar surface area (TPSA) is 41.5 Å². The Kier molecular flexibility index (Phi) is 4.36. The molecule has 13 heavy (non-hydrogen) atoms. The molecule has 0 unspecified atom stereocenters. The molecule has 0 aliphatic carbocycles. The van der Waals surface area contributed by atoms with Gasteiger partial charge in [0.1, 0.15) is 0 Å². The Balaban J connectivity index is 2.17. The Labute approximate surface area is 77.5 Å². The molecule has 0 amide bonds. The second kappa shape index (κ2) is 5.98. The molecule has 0 radical (unpaired) electrons. The van der Waals surface area contributed by atoms with Crippen LogP contribution in [0.25, 0.3) is 0 Å². The highest BCUT2D eigenvalue weighted by molar-refractivity contribution is 5.31. The fourth-order valence-corrected chi connectivity index (χ4v) is 1.10. The smallest absolute Gasteiger partial charge is 0.258 e. The van der Waals surface area contributed by atoms with Crippen LogP contribution < -0.4 is 5.43 Å². The summed E-state index contributed by atoms with van der Waals surface area (Å²) in [6.07, 6.45) is 3.40. The summed E-state index contributed by atoms with van der Waals surface area (Å²) in [5, 5.41) is 3.25. The monoisotopic (exact) mass is 176 g/mol. The average molecular weight is 176 g/mol. The molecule has 0 spiro atoms. The Morgan fingerprint density at radius 3 is 2.77 bits per heavy atom. The van der Waals surface area contributed by atoms with E-state index in [2.05, 4.69) is 22.7 Å². The minimum Gasteiger partial charge on any atom is -0.299 e. The zero-order chi connectivity index (χ0) is 9.36. The summed E-state index contributed by atoms with van der Waals surface area (Å²) < 4.78 is 0. The van der Waals surface area contributed by atoms with Crippen LogP contribution >= 0.6 is 0 Å². The van der Waals surface area contributed by atoms with Crippen LogP contribution in [0.15, 0.2) is 35.4 Å². The van der Waals surface area contributed by atoms with Crippen LogP contribution in [0.1, 0.15) is 12.0 Å². The highest BCUT2D eigenvalue weighted by atomic mass is 16.1. The number of aryl methyl sites for hydroxylation is 1. The van der Waals surface area contributed by atoms with Gasteiger partial charge in [0.15, 0.2) is 0 Å². The first-order valence-electron chi connectivity index (χ1n) is 4.27. The van der Waals surface area contributed by atoms with Crippen molar-refractivity contribution in [1.29, 1.82) is 0 Å². The van der Waals surface area contributed by atoms with E-state index >= 15 is 0 Å². The van der Waals surface area contributed by atoms with E-state index in [0.717, 1.165) is 12.8 Å². The summed E-state index contributed by atoms with van der Waals surface area (Å²) in [6, 6.07) is 10.2. The Morgan fingerprint density at radius 2 is 2.08 bits per heavy atom. The van der Waals surface area contributed by atoms with E-state index in [9.17, 15) is 4.79 Å². The van der Waals surface area contributed by atoms with Crippen molar-refractivity contribution in [1.82, 2.24) is 5.43 Å². The average Bonchev–Trinajstić information content (AvgIpc) is 2.19. The fraction of sp³-hybridized carbons (Fsp3) is 0.300. The summed E-state index contributed by atoms with van der Waals surface area (Å²) >= 11 is 0. The maximum absolute atomic E-state index is 9.68. The lowest BCUT2D eigenvalue weighted by Crippen LogP contribution is -2.07. The van der Waals surface area contributed by atoms with Crippen molar-refractivity contribution in [3.63, 3.8) is 0 Å². The third-order valence-corrected chi connectivity index (χ3v) is 1.72. The van der Waals surface area contributed by atoms with Gasteiger partial charge in [-0.25, -0.2) is 4.79 Å². The molecule has 0 aliphatic heterocycles. The standard InChI is InChI=1S/C10H12N2O/c13-9-12-11-8-4-7-10-5-2-1-3-6-10/h1-3,5-6,11H,4,7-8H2. The van der Waals surface area contributed by atoms with Crippen molar-refractivity contribution in [2.45, 2.75) is 12.8 Å². The molecular formula is C10H12N2O. The zero-order valence-electron chi connectivity index (χ0n) is 7.36. The fourth-order valence-electron chi connectivity index (χ4n) is 1.10. The predicted molar refractivity (Wildman–Crippen MR) is 50.9 cm³/mol. The molecule has 1 rings (SSSR count). The van der Waals surface area contributed by atoms with Crippen molar-refractivity contribution in [2.75, 3.05) is 6.54 Å². The van der Waals surface area contributed by atoms with Crippen molar-refractivity contribution in [2.24, 2.45) is 5.10 Å². The number of hydrogen-bond acceptors (Lipinski definition) is 3. The van der Waals surface area contributed by atoms with Crippen LogP contribution in [-0.2, 0) is 11.2 Å². The number of hydrazone groups is 1. The lowest BCUT2D eigenvalue weighted by molar-refractivity contribution is 0.555. The van der Waals surface area contributed by atoms with Gasteiger partial charge in [-0.15, -0.1) is 0 Å². The van der Waals surface area contributed by atoms with Gasteiger partial charge in [-0.2, -0.15) is 0 Å².